The summed E-state index contributed by atoms with van der Waals surface area (Å²) in [6.07, 6.45) is 0. The minimum absolute atomic E-state index is 0.484. The number of anilines is 1. The maximum atomic E-state index is 5.99. The smallest absolute Gasteiger partial charge is 0.210 e. The van der Waals surface area contributed by atoms with Crippen LogP contribution in [-0.2, 0) is 0 Å². The summed E-state index contributed by atoms with van der Waals surface area (Å²) in [4.78, 5) is 4.10. The Kier molecular flexibility index (Phi) is 4.87. The van der Waals surface area contributed by atoms with Crippen molar-refractivity contribution in [2.45, 2.75) is 6.92 Å². The molecule has 0 aliphatic heterocycles. The predicted octanol–water partition coefficient (Wildman–Crippen LogP) is 2.35. The molecule has 0 heterocycles. The Labute approximate surface area is 102 Å². The van der Waals surface area contributed by atoms with E-state index in [2.05, 4.69) is 31.7 Å². The second kappa shape index (κ2) is 5.95. The van der Waals surface area contributed by atoms with Crippen LogP contribution < -0.4 is 16.6 Å². The fourth-order valence-corrected chi connectivity index (χ4v) is 1.53. The average Bonchev–Trinajstić information content (AvgIpc) is 2.22. The Balaban J connectivity index is 2.87. The van der Waals surface area contributed by atoms with Gasteiger partial charge < -0.3 is 5.32 Å². The number of halogens is 2. The normalized spacial score (nSPS) is 11.3. The Morgan fingerprint density at radius 2 is 2.33 bits per heavy atom. The lowest BCUT2D eigenvalue weighted by molar-refractivity contribution is 0.986. The van der Waals surface area contributed by atoms with E-state index in [0.29, 0.717) is 17.5 Å². The monoisotopic (exact) mass is 290 g/mol. The molecule has 0 saturated heterocycles. The SMILES string of the molecule is CCN=C(NN)Nc1cc(Br)ccc1Cl. The van der Waals surface area contributed by atoms with Gasteiger partial charge in [0.25, 0.3) is 0 Å². The van der Waals surface area contributed by atoms with E-state index in [-0.39, 0.29) is 0 Å². The molecule has 0 aromatic heterocycles. The predicted molar refractivity (Wildman–Crippen MR) is 68.1 cm³/mol. The molecular formula is C9H12BrClN4. The zero-order chi connectivity index (χ0) is 11.3. The van der Waals surface area contributed by atoms with Crippen molar-refractivity contribution in [2.24, 2.45) is 10.8 Å². The summed E-state index contributed by atoms with van der Waals surface area (Å²) in [6, 6.07) is 5.50. The molecule has 0 bridgehead atoms. The van der Waals surface area contributed by atoms with Gasteiger partial charge in [-0.15, -0.1) is 0 Å². The van der Waals surface area contributed by atoms with Crippen LogP contribution in [0.3, 0.4) is 0 Å². The second-order valence-electron chi connectivity index (χ2n) is 2.72. The van der Waals surface area contributed by atoms with E-state index in [1.807, 2.05) is 19.1 Å². The maximum absolute atomic E-state index is 5.99. The van der Waals surface area contributed by atoms with Gasteiger partial charge in [-0.2, -0.15) is 0 Å². The molecule has 1 aromatic carbocycles. The van der Waals surface area contributed by atoms with E-state index in [1.54, 1.807) is 6.07 Å². The van der Waals surface area contributed by atoms with Crippen LogP contribution in [0, 0.1) is 0 Å². The molecule has 1 aromatic rings. The molecule has 15 heavy (non-hydrogen) atoms. The highest BCUT2D eigenvalue weighted by molar-refractivity contribution is 9.10. The van der Waals surface area contributed by atoms with Gasteiger partial charge in [-0.05, 0) is 25.1 Å². The van der Waals surface area contributed by atoms with Gasteiger partial charge >= 0.3 is 0 Å². The molecule has 0 radical (unpaired) electrons. The molecule has 0 fully saturated rings. The van der Waals surface area contributed by atoms with E-state index in [4.69, 9.17) is 17.4 Å². The summed E-state index contributed by atoms with van der Waals surface area (Å²) in [7, 11) is 0. The molecule has 0 atom stereocenters. The highest BCUT2D eigenvalue weighted by Crippen LogP contribution is 2.25. The minimum Gasteiger partial charge on any atom is -0.324 e. The molecule has 82 valence electrons. The van der Waals surface area contributed by atoms with Gasteiger partial charge in [-0.25, -0.2) is 5.84 Å². The Bertz CT molecular complexity index is 367. The van der Waals surface area contributed by atoms with Gasteiger partial charge in [0.2, 0.25) is 5.96 Å². The minimum atomic E-state index is 0.484. The Hall–Kier alpha value is -0.780. The number of hydrogen-bond donors (Lipinski definition) is 3. The van der Waals surface area contributed by atoms with Crippen LogP contribution >= 0.6 is 27.5 Å². The first-order valence-corrected chi connectivity index (χ1v) is 5.57. The number of nitrogens with zero attached hydrogens (tertiary/aromatic N) is 1. The fraction of sp³-hybridized carbons (Fsp3) is 0.222. The van der Waals surface area contributed by atoms with Crippen molar-refractivity contribution in [3.05, 3.63) is 27.7 Å². The molecule has 4 nitrogen and oxygen atoms in total. The highest BCUT2D eigenvalue weighted by atomic mass is 79.9. The lowest BCUT2D eigenvalue weighted by Gasteiger charge is -2.10. The molecule has 4 N–H and O–H groups in total. The van der Waals surface area contributed by atoms with E-state index < -0.39 is 0 Å². The third-order valence-electron chi connectivity index (χ3n) is 1.63. The fourth-order valence-electron chi connectivity index (χ4n) is 1.00. The lowest BCUT2D eigenvalue weighted by atomic mass is 10.3. The third-order valence-corrected chi connectivity index (χ3v) is 2.46. The summed E-state index contributed by atoms with van der Waals surface area (Å²) >= 11 is 9.35. The molecule has 0 amide bonds. The molecule has 0 aliphatic carbocycles. The van der Waals surface area contributed by atoms with Crippen molar-refractivity contribution in [3.8, 4) is 0 Å². The van der Waals surface area contributed by atoms with Crippen LogP contribution in [0.15, 0.2) is 27.7 Å². The van der Waals surface area contributed by atoms with Crippen LogP contribution in [0.2, 0.25) is 5.02 Å². The van der Waals surface area contributed by atoms with Gasteiger partial charge in [0.1, 0.15) is 0 Å². The van der Waals surface area contributed by atoms with Crippen molar-refractivity contribution < 1.29 is 0 Å². The van der Waals surface area contributed by atoms with Crippen LogP contribution in [0.25, 0.3) is 0 Å². The molecule has 0 unspecified atom stereocenters. The zero-order valence-corrected chi connectivity index (χ0v) is 10.6. The summed E-state index contributed by atoms with van der Waals surface area (Å²) < 4.78 is 0.933. The number of guanidine groups is 1. The molecule has 6 heteroatoms. The van der Waals surface area contributed by atoms with Crippen LogP contribution in [0.4, 0.5) is 5.69 Å². The summed E-state index contributed by atoms with van der Waals surface area (Å²) in [5, 5.41) is 3.60. The molecule has 1 rings (SSSR count). The number of hydrazine groups is 1. The number of benzene rings is 1. The van der Waals surface area contributed by atoms with Crippen molar-refractivity contribution in [2.75, 3.05) is 11.9 Å². The van der Waals surface area contributed by atoms with Crippen LogP contribution in [0.5, 0.6) is 0 Å². The zero-order valence-electron chi connectivity index (χ0n) is 8.22. The van der Waals surface area contributed by atoms with E-state index in [9.17, 15) is 0 Å². The number of nitrogens with two attached hydrogens (primary N) is 1. The standard InChI is InChI=1S/C9H12BrClN4/c1-2-13-9(15-12)14-8-5-6(10)3-4-7(8)11/h3-5H,2,12H2,1H3,(H2,13,14,15). The number of nitrogens with one attached hydrogen (secondary N) is 2. The van der Waals surface area contributed by atoms with Crippen molar-refractivity contribution in [1.82, 2.24) is 5.43 Å². The van der Waals surface area contributed by atoms with E-state index in [1.165, 1.54) is 0 Å². The number of aliphatic imine (C=N–C) groups is 1. The number of rotatable bonds is 2. The first-order valence-electron chi connectivity index (χ1n) is 4.40. The maximum Gasteiger partial charge on any atom is 0.210 e. The molecular weight excluding hydrogens is 279 g/mol. The highest BCUT2D eigenvalue weighted by Gasteiger charge is 2.03. The van der Waals surface area contributed by atoms with Gasteiger partial charge in [0, 0.05) is 11.0 Å². The van der Waals surface area contributed by atoms with Crippen molar-refractivity contribution in [3.63, 3.8) is 0 Å². The quantitative estimate of drug-likeness (QED) is 0.339. The number of hydrogen-bond acceptors (Lipinski definition) is 2. The van der Waals surface area contributed by atoms with Gasteiger partial charge in [-0.1, -0.05) is 27.5 Å². The topological polar surface area (TPSA) is 62.4 Å². The summed E-state index contributed by atoms with van der Waals surface area (Å²) in [5.74, 6) is 5.78. The first-order chi connectivity index (χ1) is 7.17. The summed E-state index contributed by atoms with van der Waals surface area (Å²) in [5.41, 5.74) is 3.21. The van der Waals surface area contributed by atoms with Crippen molar-refractivity contribution >= 4 is 39.2 Å². The lowest BCUT2D eigenvalue weighted by Crippen LogP contribution is -2.36. The van der Waals surface area contributed by atoms with E-state index in [0.717, 1.165) is 10.2 Å². The molecule has 0 aliphatic rings. The Morgan fingerprint density at radius 3 is 2.93 bits per heavy atom. The largest absolute Gasteiger partial charge is 0.324 e. The third kappa shape index (κ3) is 3.70. The summed E-state index contributed by atoms with van der Waals surface area (Å²) in [6.45, 7) is 2.56. The first kappa shape index (κ1) is 12.3. The van der Waals surface area contributed by atoms with Gasteiger partial charge in [-0.3, -0.25) is 10.4 Å². The van der Waals surface area contributed by atoms with Crippen LogP contribution in [-0.4, -0.2) is 12.5 Å². The molecule has 0 spiro atoms. The average molecular weight is 292 g/mol. The van der Waals surface area contributed by atoms with Crippen LogP contribution in [0.1, 0.15) is 6.92 Å². The van der Waals surface area contributed by atoms with Gasteiger partial charge in [0.05, 0.1) is 10.7 Å². The molecule has 0 saturated carbocycles. The van der Waals surface area contributed by atoms with Crippen molar-refractivity contribution in [1.29, 1.82) is 0 Å². The van der Waals surface area contributed by atoms with Gasteiger partial charge in [0.15, 0.2) is 0 Å². The second-order valence-corrected chi connectivity index (χ2v) is 4.04. The Morgan fingerprint density at radius 1 is 1.60 bits per heavy atom. The van der Waals surface area contributed by atoms with E-state index >= 15 is 0 Å².